The van der Waals surface area contributed by atoms with Crippen molar-refractivity contribution < 1.29 is 24.2 Å². The van der Waals surface area contributed by atoms with Crippen molar-refractivity contribution >= 4 is 11.9 Å². The molecule has 0 rings (SSSR count). The Kier molecular flexibility index (Phi) is 44.6. The largest absolute Gasteiger partial charge is 0.462 e. The molecule has 0 fully saturated rings. The fourth-order valence-corrected chi connectivity index (χ4v) is 6.12. The van der Waals surface area contributed by atoms with Gasteiger partial charge in [-0.1, -0.05) is 188 Å². The average molecular weight is 791 g/mol. The van der Waals surface area contributed by atoms with Gasteiger partial charge in [-0.25, -0.2) is 0 Å². The van der Waals surface area contributed by atoms with Crippen LogP contribution >= 0.6 is 0 Å². The van der Waals surface area contributed by atoms with Crippen molar-refractivity contribution in [3.63, 3.8) is 0 Å². The maximum absolute atomic E-state index is 12.2. The molecule has 0 aromatic rings. The molecule has 1 N–H and O–H groups in total. The van der Waals surface area contributed by atoms with Gasteiger partial charge in [0.1, 0.15) is 6.61 Å². The minimum Gasteiger partial charge on any atom is -0.462 e. The van der Waals surface area contributed by atoms with Crippen LogP contribution in [0.15, 0.2) is 97.2 Å². The summed E-state index contributed by atoms with van der Waals surface area (Å²) in [6, 6.07) is 0. The quantitative estimate of drug-likeness (QED) is 0.0379. The van der Waals surface area contributed by atoms with E-state index < -0.39 is 6.10 Å². The molecule has 0 aliphatic carbocycles. The van der Waals surface area contributed by atoms with Gasteiger partial charge in [0.05, 0.1) is 6.61 Å². The molecule has 0 bridgehead atoms. The number of rotatable bonds is 41. The first-order valence-corrected chi connectivity index (χ1v) is 23.3. The molecule has 0 heterocycles. The molecule has 0 saturated heterocycles. The normalized spacial score (nSPS) is 13.1. The minimum absolute atomic E-state index is 0.0872. The van der Waals surface area contributed by atoms with Crippen molar-refractivity contribution in [3.05, 3.63) is 97.2 Å². The van der Waals surface area contributed by atoms with Crippen LogP contribution in [-0.2, 0) is 19.1 Å². The highest BCUT2D eigenvalue weighted by Crippen LogP contribution is 2.13. The van der Waals surface area contributed by atoms with Gasteiger partial charge in [0.25, 0.3) is 0 Å². The van der Waals surface area contributed by atoms with Crippen LogP contribution in [0, 0.1) is 0 Å². The van der Waals surface area contributed by atoms with Crippen LogP contribution in [0.5, 0.6) is 0 Å². The van der Waals surface area contributed by atoms with E-state index in [0.29, 0.717) is 12.8 Å². The Morgan fingerprint density at radius 3 is 1.18 bits per heavy atom. The van der Waals surface area contributed by atoms with E-state index in [-0.39, 0.29) is 25.2 Å². The van der Waals surface area contributed by atoms with Crippen molar-refractivity contribution in [1.29, 1.82) is 0 Å². The number of allylic oxidation sites excluding steroid dienone is 16. The number of aliphatic hydroxyl groups is 1. The lowest BCUT2D eigenvalue weighted by Crippen LogP contribution is -2.28. The second-order valence-corrected chi connectivity index (χ2v) is 15.1. The summed E-state index contributed by atoms with van der Waals surface area (Å²) in [5.74, 6) is -0.639. The fraction of sp³-hybridized carbons (Fsp3) is 0.654. The first-order chi connectivity index (χ1) is 28.1. The number of hydrogen-bond donors (Lipinski definition) is 1. The highest BCUT2D eigenvalue weighted by Gasteiger charge is 2.16. The summed E-state index contributed by atoms with van der Waals surface area (Å²) in [4.78, 5) is 24.4. The predicted molar refractivity (Wildman–Crippen MR) is 246 cm³/mol. The van der Waals surface area contributed by atoms with Gasteiger partial charge in [0, 0.05) is 12.8 Å². The number of hydrogen-bond acceptors (Lipinski definition) is 5. The summed E-state index contributed by atoms with van der Waals surface area (Å²) in [6.45, 7) is 3.99. The summed E-state index contributed by atoms with van der Waals surface area (Å²) in [5.41, 5.74) is 0. The van der Waals surface area contributed by atoms with Crippen LogP contribution in [0.3, 0.4) is 0 Å². The number of carbonyl (C=O) groups excluding carboxylic acids is 2. The predicted octanol–water partition coefficient (Wildman–Crippen LogP) is 15.2. The van der Waals surface area contributed by atoms with Crippen LogP contribution in [0.4, 0.5) is 0 Å². The van der Waals surface area contributed by atoms with Crippen molar-refractivity contribution in [2.75, 3.05) is 13.2 Å². The zero-order valence-electron chi connectivity index (χ0n) is 36.8. The SMILES string of the molecule is CC/C=C\C/C=C\C/C=C\C/C=C\C/C=C\C/C=C\C/C=C\CCCCCC(=O)OC(CO)COC(=O)CCCCCCCCC/C=C\CCCCCCCCC. The maximum Gasteiger partial charge on any atom is 0.306 e. The van der Waals surface area contributed by atoms with Crippen molar-refractivity contribution in [2.24, 2.45) is 0 Å². The second-order valence-electron chi connectivity index (χ2n) is 15.1. The van der Waals surface area contributed by atoms with Gasteiger partial charge in [0.2, 0.25) is 0 Å². The van der Waals surface area contributed by atoms with Gasteiger partial charge in [0.15, 0.2) is 6.10 Å². The van der Waals surface area contributed by atoms with Gasteiger partial charge in [-0.05, 0) is 96.3 Å². The standard InChI is InChI=1S/C52H86O5/c1-3-5-7-9-11-13-15-17-19-21-23-24-25-26-27-28-29-31-33-35-37-39-41-43-45-47-52(55)57-50(48-53)49-56-51(54)46-44-42-40-38-36-34-32-30-22-20-18-16-14-12-10-8-6-4-2/h5,7,11,13,17,19-20,22-24,26-27,29,31,35,37,50,53H,3-4,6,8-10,12,14-16,18,21,25,28,30,32-34,36,38-49H2,1-2H3/b7-5-,13-11-,19-17-,22-20-,24-23-,27-26-,31-29-,37-35-. The Morgan fingerprint density at radius 1 is 0.421 bits per heavy atom. The van der Waals surface area contributed by atoms with E-state index in [1.807, 2.05) is 0 Å². The molecule has 5 heteroatoms. The fourth-order valence-electron chi connectivity index (χ4n) is 6.12. The average Bonchev–Trinajstić information content (AvgIpc) is 3.21. The first kappa shape index (κ1) is 53.8. The van der Waals surface area contributed by atoms with E-state index in [0.717, 1.165) is 89.9 Å². The number of carbonyl (C=O) groups is 2. The summed E-state index contributed by atoms with van der Waals surface area (Å²) in [6.07, 6.45) is 66.2. The molecule has 1 atom stereocenters. The highest BCUT2D eigenvalue weighted by atomic mass is 16.6. The van der Waals surface area contributed by atoms with E-state index >= 15 is 0 Å². The number of ether oxygens (including phenoxy) is 2. The maximum atomic E-state index is 12.2. The Bertz CT molecular complexity index is 1120. The van der Waals surface area contributed by atoms with E-state index in [1.54, 1.807) is 0 Å². The third kappa shape index (κ3) is 45.4. The lowest BCUT2D eigenvalue weighted by Gasteiger charge is -2.15. The van der Waals surface area contributed by atoms with Gasteiger partial charge < -0.3 is 14.6 Å². The molecule has 0 aromatic heterocycles. The van der Waals surface area contributed by atoms with Gasteiger partial charge in [-0.15, -0.1) is 0 Å². The lowest BCUT2D eigenvalue weighted by atomic mass is 10.1. The summed E-state index contributed by atoms with van der Waals surface area (Å²) < 4.78 is 10.6. The van der Waals surface area contributed by atoms with E-state index in [9.17, 15) is 14.7 Å². The topological polar surface area (TPSA) is 72.8 Å². The molecule has 1 unspecified atom stereocenters. The number of esters is 2. The molecular weight excluding hydrogens is 705 g/mol. The van der Waals surface area contributed by atoms with E-state index in [2.05, 4.69) is 111 Å². The van der Waals surface area contributed by atoms with E-state index in [4.69, 9.17) is 9.47 Å². The molecule has 0 aromatic carbocycles. The third-order valence-corrected chi connectivity index (χ3v) is 9.61. The van der Waals surface area contributed by atoms with Gasteiger partial charge in [-0.3, -0.25) is 9.59 Å². The zero-order chi connectivity index (χ0) is 41.4. The summed E-state index contributed by atoms with van der Waals surface area (Å²) in [5, 5.41) is 9.60. The molecule has 0 aliphatic rings. The molecule has 57 heavy (non-hydrogen) atoms. The van der Waals surface area contributed by atoms with E-state index in [1.165, 1.54) is 83.5 Å². The number of aliphatic hydroxyl groups excluding tert-OH is 1. The third-order valence-electron chi connectivity index (χ3n) is 9.61. The van der Waals surface area contributed by atoms with Crippen molar-refractivity contribution in [1.82, 2.24) is 0 Å². The van der Waals surface area contributed by atoms with Crippen LogP contribution in [0.2, 0.25) is 0 Å². The Hall–Kier alpha value is -3.18. The molecule has 0 aliphatic heterocycles. The molecular formula is C52H86O5. The first-order valence-electron chi connectivity index (χ1n) is 23.3. The molecule has 5 nitrogen and oxygen atoms in total. The Morgan fingerprint density at radius 2 is 0.754 bits per heavy atom. The lowest BCUT2D eigenvalue weighted by molar-refractivity contribution is -0.161. The van der Waals surface area contributed by atoms with Crippen LogP contribution in [-0.4, -0.2) is 36.4 Å². The Balaban J connectivity index is 3.66. The summed E-state index contributed by atoms with van der Waals surface area (Å²) >= 11 is 0. The van der Waals surface area contributed by atoms with Crippen molar-refractivity contribution in [3.8, 4) is 0 Å². The van der Waals surface area contributed by atoms with Crippen LogP contribution < -0.4 is 0 Å². The zero-order valence-corrected chi connectivity index (χ0v) is 36.8. The molecule has 0 spiro atoms. The molecule has 0 saturated carbocycles. The smallest absolute Gasteiger partial charge is 0.306 e. The number of unbranched alkanes of at least 4 members (excludes halogenated alkanes) is 17. The van der Waals surface area contributed by atoms with Crippen molar-refractivity contribution in [2.45, 2.75) is 206 Å². The van der Waals surface area contributed by atoms with Gasteiger partial charge in [-0.2, -0.15) is 0 Å². The molecule has 324 valence electrons. The van der Waals surface area contributed by atoms with Gasteiger partial charge >= 0.3 is 11.9 Å². The van der Waals surface area contributed by atoms with Crippen LogP contribution in [0.1, 0.15) is 200 Å². The summed E-state index contributed by atoms with van der Waals surface area (Å²) in [7, 11) is 0. The highest BCUT2D eigenvalue weighted by molar-refractivity contribution is 5.70. The monoisotopic (exact) mass is 791 g/mol. The Labute approximate surface area is 351 Å². The molecule has 0 radical (unpaired) electrons. The second kappa shape index (κ2) is 47.2. The molecule has 0 amide bonds. The van der Waals surface area contributed by atoms with Crippen LogP contribution in [0.25, 0.3) is 0 Å². The minimum atomic E-state index is -0.798.